The third-order valence-electron chi connectivity index (χ3n) is 3.22. The highest BCUT2D eigenvalue weighted by Crippen LogP contribution is 2.27. The molecule has 6 nitrogen and oxygen atoms in total. The first-order chi connectivity index (χ1) is 8.39. The number of sulfonamides is 1. The minimum absolute atomic E-state index is 0.0383. The maximum atomic E-state index is 11.8. The summed E-state index contributed by atoms with van der Waals surface area (Å²) in [6.07, 6.45) is 3.28. The molecule has 2 rings (SSSR count). The molecule has 2 unspecified atom stereocenters. The van der Waals surface area contributed by atoms with Crippen molar-refractivity contribution >= 4 is 15.9 Å². The summed E-state index contributed by atoms with van der Waals surface area (Å²) in [6.45, 7) is 1.99. The zero-order valence-electron chi connectivity index (χ0n) is 9.98. The Morgan fingerprint density at radius 3 is 2.78 bits per heavy atom. The van der Waals surface area contributed by atoms with Crippen LogP contribution < -0.4 is 5.14 Å². The summed E-state index contributed by atoms with van der Waals surface area (Å²) in [5.74, 6) is -0.189. The van der Waals surface area contributed by atoms with E-state index in [1.807, 2.05) is 13.0 Å². The molecule has 1 fully saturated rings. The minimum atomic E-state index is -3.66. The van der Waals surface area contributed by atoms with Crippen LogP contribution in [0.5, 0.6) is 0 Å². The molecule has 18 heavy (non-hydrogen) atoms. The number of primary sulfonamides is 1. The first-order valence-electron chi connectivity index (χ1n) is 5.60. The van der Waals surface area contributed by atoms with Crippen LogP contribution in [0.15, 0.2) is 24.5 Å². The van der Waals surface area contributed by atoms with Crippen LogP contribution in [-0.4, -0.2) is 36.0 Å². The summed E-state index contributed by atoms with van der Waals surface area (Å²) in [5.41, 5.74) is 0.876. The van der Waals surface area contributed by atoms with Gasteiger partial charge >= 0.3 is 0 Å². The zero-order valence-corrected chi connectivity index (χ0v) is 10.8. The largest absolute Gasteiger partial charge is 0.334 e. The van der Waals surface area contributed by atoms with Crippen molar-refractivity contribution in [3.63, 3.8) is 0 Å². The van der Waals surface area contributed by atoms with Crippen molar-refractivity contribution in [1.82, 2.24) is 9.88 Å². The van der Waals surface area contributed by atoms with Crippen LogP contribution in [0, 0.1) is 0 Å². The van der Waals surface area contributed by atoms with E-state index in [4.69, 9.17) is 5.14 Å². The lowest BCUT2D eigenvalue weighted by molar-refractivity contribution is -0.129. The molecule has 1 saturated heterocycles. The third kappa shape index (κ3) is 2.51. The lowest BCUT2D eigenvalue weighted by Crippen LogP contribution is -2.33. The van der Waals surface area contributed by atoms with E-state index in [9.17, 15) is 13.2 Å². The highest BCUT2D eigenvalue weighted by atomic mass is 32.2. The number of carbonyl (C=O) groups excluding carboxylic acids is 1. The standard InChI is InChI=1S/C11H15N3O3S/c1-8(9-3-2-4-13-6-9)14-7-10(5-11(14)15)18(12,16)17/h2-4,6,8,10H,5,7H2,1H3,(H2,12,16,17). The van der Waals surface area contributed by atoms with Gasteiger partial charge in [0.1, 0.15) is 5.25 Å². The van der Waals surface area contributed by atoms with E-state index in [1.54, 1.807) is 18.5 Å². The van der Waals surface area contributed by atoms with E-state index >= 15 is 0 Å². The van der Waals surface area contributed by atoms with E-state index < -0.39 is 15.3 Å². The molecule has 1 aromatic heterocycles. The van der Waals surface area contributed by atoms with Crippen LogP contribution in [0.1, 0.15) is 24.9 Å². The maximum Gasteiger partial charge on any atom is 0.224 e. The fourth-order valence-corrected chi connectivity index (χ4v) is 2.84. The van der Waals surface area contributed by atoms with Crippen LogP contribution in [0.2, 0.25) is 0 Å². The van der Waals surface area contributed by atoms with E-state index in [1.165, 1.54) is 4.90 Å². The Kier molecular flexibility index (Phi) is 3.36. The van der Waals surface area contributed by atoms with Gasteiger partial charge in [0.15, 0.2) is 0 Å². The summed E-state index contributed by atoms with van der Waals surface area (Å²) < 4.78 is 22.5. The van der Waals surface area contributed by atoms with Crippen LogP contribution in [0.3, 0.4) is 0 Å². The molecule has 2 atom stereocenters. The third-order valence-corrected chi connectivity index (χ3v) is 4.47. The van der Waals surface area contributed by atoms with Gasteiger partial charge in [-0.25, -0.2) is 13.6 Å². The van der Waals surface area contributed by atoms with Gasteiger partial charge in [-0.15, -0.1) is 0 Å². The first-order valence-corrected chi connectivity index (χ1v) is 7.21. The maximum absolute atomic E-state index is 11.8. The topological polar surface area (TPSA) is 93.4 Å². The fraction of sp³-hybridized carbons (Fsp3) is 0.455. The van der Waals surface area contributed by atoms with Crippen LogP contribution >= 0.6 is 0 Å². The Labute approximate surface area is 106 Å². The molecule has 1 aliphatic rings. The number of carbonyl (C=O) groups is 1. The lowest BCUT2D eigenvalue weighted by Gasteiger charge is -2.24. The molecule has 1 amide bonds. The minimum Gasteiger partial charge on any atom is -0.334 e. The number of aromatic nitrogens is 1. The predicted octanol–water partition coefficient (Wildman–Crippen LogP) is 0.0320. The number of hydrogen-bond acceptors (Lipinski definition) is 4. The number of likely N-dealkylation sites (tertiary alicyclic amines) is 1. The molecule has 0 radical (unpaired) electrons. The molecular formula is C11H15N3O3S. The number of amides is 1. The predicted molar refractivity (Wildman–Crippen MR) is 65.9 cm³/mol. The van der Waals surface area contributed by atoms with E-state index in [2.05, 4.69) is 4.98 Å². The Morgan fingerprint density at radius 2 is 2.28 bits per heavy atom. The Bertz CT molecular complexity index is 544. The number of rotatable bonds is 3. The average molecular weight is 269 g/mol. The van der Waals surface area contributed by atoms with Crippen LogP contribution in [0.25, 0.3) is 0 Å². The molecule has 7 heteroatoms. The molecule has 1 aliphatic heterocycles. The SMILES string of the molecule is CC(c1cccnc1)N1CC(S(N)(=O)=O)CC1=O. The van der Waals surface area contributed by atoms with Gasteiger partial charge in [0.05, 0.1) is 6.04 Å². The summed E-state index contributed by atoms with van der Waals surface area (Å²) >= 11 is 0. The number of hydrogen-bond donors (Lipinski definition) is 1. The summed E-state index contributed by atoms with van der Waals surface area (Å²) in [6, 6.07) is 3.44. The van der Waals surface area contributed by atoms with E-state index in [-0.39, 0.29) is 24.9 Å². The van der Waals surface area contributed by atoms with Crippen molar-refractivity contribution in [2.24, 2.45) is 5.14 Å². The lowest BCUT2D eigenvalue weighted by atomic mass is 10.1. The van der Waals surface area contributed by atoms with Gasteiger partial charge in [-0.1, -0.05) is 6.07 Å². The van der Waals surface area contributed by atoms with Gasteiger partial charge in [-0.3, -0.25) is 9.78 Å². The van der Waals surface area contributed by atoms with Crippen LogP contribution in [-0.2, 0) is 14.8 Å². The van der Waals surface area contributed by atoms with Crippen molar-refractivity contribution in [3.8, 4) is 0 Å². The second kappa shape index (κ2) is 4.66. The normalized spacial score (nSPS) is 22.2. The highest BCUT2D eigenvalue weighted by Gasteiger charge is 2.38. The van der Waals surface area contributed by atoms with Gasteiger partial charge in [0.2, 0.25) is 15.9 Å². The smallest absolute Gasteiger partial charge is 0.224 e. The molecule has 2 heterocycles. The van der Waals surface area contributed by atoms with Gasteiger partial charge in [-0.2, -0.15) is 0 Å². The first kappa shape index (κ1) is 13.0. The van der Waals surface area contributed by atoms with Gasteiger partial charge < -0.3 is 4.90 Å². The molecule has 0 saturated carbocycles. The fourth-order valence-electron chi connectivity index (χ4n) is 2.09. The molecule has 0 aliphatic carbocycles. The van der Waals surface area contributed by atoms with Gasteiger partial charge in [-0.05, 0) is 18.6 Å². The number of nitrogens with two attached hydrogens (primary N) is 1. The second-order valence-electron chi connectivity index (χ2n) is 4.42. The van der Waals surface area contributed by atoms with Gasteiger partial charge in [0.25, 0.3) is 0 Å². The zero-order chi connectivity index (χ0) is 13.3. The average Bonchev–Trinajstić information content (AvgIpc) is 2.71. The molecule has 1 aromatic rings. The van der Waals surface area contributed by atoms with Crippen molar-refractivity contribution in [2.45, 2.75) is 24.6 Å². The summed E-state index contributed by atoms with van der Waals surface area (Å²) in [5, 5.41) is 4.28. The molecule has 0 bridgehead atoms. The number of pyridine rings is 1. The Balaban J connectivity index is 2.18. The quantitative estimate of drug-likeness (QED) is 0.837. The Hall–Kier alpha value is -1.47. The highest BCUT2D eigenvalue weighted by molar-refractivity contribution is 7.89. The molecule has 98 valence electrons. The Morgan fingerprint density at radius 1 is 1.56 bits per heavy atom. The van der Waals surface area contributed by atoms with E-state index in [0.717, 1.165) is 5.56 Å². The molecule has 2 N–H and O–H groups in total. The van der Waals surface area contributed by atoms with Gasteiger partial charge in [0, 0.05) is 25.4 Å². The molecule has 0 spiro atoms. The van der Waals surface area contributed by atoms with Crippen LogP contribution in [0.4, 0.5) is 0 Å². The molecular weight excluding hydrogens is 254 g/mol. The summed E-state index contributed by atoms with van der Waals surface area (Å²) in [4.78, 5) is 17.4. The second-order valence-corrected chi connectivity index (χ2v) is 6.27. The van der Waals surface area contributed by atoms with Crippen molar-refractivity contribution in [1.29, 1.82) is 0 Å². The monoisotopic (exact) mass is 269 g/mol. The summed E-state index contributed by atoms with van der Waals surface area (Å²) in [7, 11) is -3.66. The van der Waals surface area contributed by atoms with Crippen molar-refractivity contribution in [2.75, 3.05) is 6.54 Å². The number of nitrogens with zero attached hydrogens (tertiary/aromatic N) is 2. The van der Waals surface area contributed by atoms with Crippen molar-refractivity contribution in [3.05, 3.63) is 30.1 Å². The molecule has 0 aromatic carbocycles. The van der Waals surface area contributed by atoms with E-state index in [0.29, 0.717) is 0 Å². The van der Waals surface area contributed by atoms with Crippen molar-refractivity contribution < 1.29 is 13.2 Å².